The number of rotatable bonds is 5. The number of fused-ring (bicyclic) bond motifs is 5. The number of aromatic nitrogens is 1. The lowest BCUT2D eigenvalue weighted by Crippen LogP contribution is -2.25. The molecule has 6 heteroatoms. The largest absolute Gasteiger partial charge is 0.397 e. The highest BCUT2D eigenvalue weighted by atomic mass is 32.2. The molecule has 212 valence electrons. The van der Waals surface area contributed by atoms with E-state index in [2.05, 4.69) is 131 Å². The summed E-state index contributed by atoms with van der Waals surface area (Å²) in [4.78, 5) is 4.77. The maximum absolute atomic E-state index is 6.56. The molecule has 1 aliphatic heterocycles. The Hall–Kier alpha value is -5.43. The molecule has 6 aromatic carbocycles. The van der Waals surface area contributed by atoms with Crippen molar-refractivity contribution in [2.45, 2.75) is 9.79 Å². The van der Waals surface area contributed by atoms with Crippen LogP contribution < -0.4 is 21.5 Å². The Morgan fingerprint density at radius 1 is 0.568 bits per heavy atom. The summed E-state index contributed by atoms with van der Waals surface area (Å²) in [6.45, 7) is 0. The van der Waals surface area contributed by atoms with E-state index < -0.39 is 0 Å². The van der Waals surface area contributed by atoms with Crippen LogP contribution in [0.25, 0.3) is 33.2 Å². The monoisotopic (exact) mass is 587 g/mol. The summed E-state index contributed by atoms with van der Waals surface area (Å²) in [6, 6.07) is 50.6. The van der Waals surface area contributed by atoms with Gasteiger partial charge in [0.05, 0.1) is 33.8 Å². The lowest BCUT2D eigenvalue weighted by molar-refractivity contribution is 1.07. The minimum absolute atomic E-state index is 0.584. The zero-order valence-electron chi connectivity index (χ0n) is 23.8. The van der Waals surface area contributed by atoms with Crippen LogP contribution in [0, 0.1) is 0 Å². The Morgan fingerprint density at radius 2 is 1.07 bits per heavy atom. The van der Waals surface area contributed by atoms with Crippen molar-refractivity contribution in [1.82, 2.24) is 4.57 Å². The van der Waals surface area contributed by atoms with Gasteiger partial charge < -0.3 is 15.2 Å². The summed E-state index contributed by atoms with van der Waals surface area (Å²) >= 11 is 1.80. The molecule has 0 aliphatic carbocycles. The van der Waals surface area contributed by atoms with Gasteiger partial charge in [0.25, 0.3) is 0 Å². The lowest BCUT2D eigenvalue weighted by Gasteiger charge is -2.32. The van der Waals surface area contributed by atoms with Crippen molar-refractivity contribution in [1.29, 1.82) is 0 Å². The van der Waals surface area contributed by atoms with Gasteiger partial charge in [0.1, 0.15) is 0 Å². The zero-order chi connectivity index (χ0) is 29.6. The van der Waals surface area contributed by atoms with Crippen molar-refractivity contribution >= 4 is 62.0 Å². The third-order valence-corrected chi connectivity index (χ3v) is 9.29. The number of benzene rings is 6. The average molecular weight is 588 g/mol. The summed E-state index contributed by atoms with van der Waals surface area (Å²) in [7, 11) is 0. The molecule has 0 saturated carbocycles. The Bertz CT molecular complexity index is 2080. The quantitative estimate of drug-likeness (QED) is 0.155. The predicted octanol–water partition coefficient (Wildman–Crippen LogP) is 9.36. The first-order valence-corrected chi connectivity index (χ1v) is 15.3. The van der Waals surface area contributed by atoms with E-state index in [-0.39, 0.29) is 0 Å². The van der Waals surface area contributed by atoms with Gasteiger partial charge >= 0.3 is 0 Å². The molecule has 0 fully saturated rings. The normalized spacial score (nSPS) is 12.8. The molecule has 4 N–H and O–H groups in total. The Morgan fingerprint density at radius 3 is 1.66 bits per heavy atom. The van der Waals surface area contributed by atoms with Gasteiger partial charge in [-0.05, 0) is 78.4 Å². The molecule has 5 nitrogen and oxygen atoms in total. The van der Waals surface area contributed by atoms with E-state index in [9.17, 15) is 0 Å². The minimum atomic E-state index is 0.584. The topological polar surface area (TPSA) is 63.5 Å². The molecule has 1 aromatic heterocycles. The number of anilines is 4. The van der Waals surface area contributed by atoms with E-state index >= 15 is 0 Å². The maximum Gasteiger partial charge on any atom is 0.0601 e. The summed E-state index contributed by atoms with van der Waals surface area (Å²) in [5.41, 5.74) is 15.7. The van der Waals surface area contributed by atoms with Crippen LogP contribution in [0.3, 0.4) is 0 Å². The van der Waals surface area contributed by atoms with E-state index in [0.717, 1.165) is 22.6 Å². The molecule has 0 bridgehead atoms. The average Bonchev–Trinajstić information content (AvgIpc) is 3.42. The van der Waals surface area contributed by atoms with Crippen molar-refractivity contribution in [3.05, 3.63) is 157 Å². The second-order valence-corrected chi connectivity index (χ2v) is 11.9. The van der Waals surface area contributed by atoms with Crippen molar-refractivity contribution in [3.8, 4) is 5.69 Å². The van der Waals surface area contributed by atoms with Crippen LogP contribution in [-0.4, -0.2) is 4.57 Å². The standard InChI is InChI=1S/C38H29N5S/c39-32(26-17-19-28(20-18-26)43-35-13-5-7-15-37(35)44-38-16-8-6-14-36(38)43)25-41(40)27-21-23-29(24-22-27)42-33-11-3-1-9-30(33)31-10-2-4-12-34(31)42/h1-25H,39-40H2/b32-25-. The number of hydrogen-bond donors (Lipinski definition) is 2. The van der Waals surface area contributed by atoms with Gasteiger partial charge in [-0.15, -0.1) is 0 Å². The third kappa shape index (κ3) is 4.40. The molecule has 2 heterocycles. The zero-order valence-corrected chi connectivity index (χ0v) is 24.7. The molecule has 7 aromatic rings. The third-order valence-electron chi connectivity index (χ3n) is 8.16. The van der Waals surface area contributed by atoms with Gasteiger partial charge in [-0.25, -0.2) is 5.84 Å². The van der Waals surface area contributed by atoms with Crippen LogP contribution in [0.2, 0.25) is 0 Å². The van der Waals surface area contributed by atoms with Gasteiger partial charge in [-0.3, -0.25) is 5.01 Å². The molecule has 0 spiro atoms. The summed E-state index contributed by atoms with van der Waals surface area (Å²) < 4.78 is 2.29. The van der Waals surface area contributed by atoms with Crippen LogP contribution >= 0.6 is 11.8 Å². The highest BCUT2D eigenvalue weighted by molar-refractivity contribution is 7.99. The van der Waals surface area contributed by atoms with E-state index in [1.807, 2.05) is 24.3 Å². The molecule has 8 rings (SSSR count). The molecule has 44 heavy (non-hydrogen) atoms. The first kappa shape index (κ1) is 26.2. The Balaban J connectivity index is 1.06. The summed E-state index contributed by atoms with van der Waals surface area (Å²) in [6.07, 6.45) is 1.77. The molecule has 1 aliphatic rings. The fourth-order valence-corrected chi connectivity index (χ4v) is 7.12. The van der Waals surface area contributed by atoms with Crippen molar-refractivity contribution in [3.63, 3.8) is 0 Å². The smallest absolute Gasteiger partial charge is 0.0601 e. The summed E-state index contributed by atoms with van der Waals surface area (Å²) in [5, 5.41) is 4.05. The fourth-order valence-electron chi connectivity index (χ4n) is 6.06. The molecule has 0 atom stereocenters. The molecule has 0 unspecified atom stereocenters. The molecular weight excluding hydrogens is 559 g/mol. The van der Waals surface area contributed by atoms with Gasteiger partial charge in [-0.1, -0.05) is 84.6 Å². The SMILES string of the molecule is N/C(=C\N(N)c1ccc(-n2c3ccccc3c3ccccc32)cc1)c1ccc(N2c3ccccc3Sc3ccccc32)cc1. The summed E-state index contributed by atoms with van der Waals surface area (Å²) in [5.74, 6) is 6.50. The second kappa shape index (κ2) is 10.7. The number of nitrogens with two attached hydrogens (primary N) is 2. The van der Waals surface area contributed by atoms with Crippen LogP contribution in [0.15, 0.2) is 162 Å². The molecule has 0 radical (unpaired) electrons. The van der Waals surface area contributed by atoms with Gasteiger partial charge in [0.2, 0.25) is 0 Å². The van der Waals surface area contributed by atoms with Crippen molar-refractivity contribution < 1.29 is 0 Å². The van der Waals surface area contributed by atoms with Crippen LogP contribution in [0.5, 0.6) is 0 Å². The van der Waals surface area contributed by atoms with Gasteiger partial charge in [0, 0.05) is 38.1 Å². The molecular formula is C38H29N5S. The number of hydrazine groups is 1. The number of para-hydroxylation sites is 4. The van der Waals surface area contributed by atoms with Crippen LogP contribution in [0.1, 0.15) is 5.56 Å². The first-order valence-electron chi connectivity index (χ1n) is 14.5. The Kier molecular flexibility index (Phi) is 6.37. The van der Waals surface area contributed by atoms with Crippen LogP contribution in [0.4, 0.5) is 22.7 Å². The molecule has 0 saturated heterocycles. The van der Waals surface area contributed by atoms with E-state index in [1.54, 1.807) is 23.0 Å². The fraction of sp³-hybridized carbons (Fsp3) is 0. The maximum atomic E-state index is 6.56. The van der Waals surface area contributed by atoms with E-state index in [0.29, 0.717) is 5.70 Å². The number of nitrogens with zero attached hydrogens (tertiary/aromatic N) is 3. The highest BCUT2D eigenvalue weighted by Gasteiger charge is 2.24. The predicted molar refractivity (Wildman–Crippen MR) is 185 cm³/mol. The van der Waals surface area contributed by atoms with Gasteiger partial charge in [-0.2, -0.15) is 0 Å². The number of hydrogen-bond acceptors (Lipinski definition) is 5. The van der Waals surface area contributed by atoms with Gasteiger partial charge in [0.15, 0.2) is 0 Å². The lowest BCUT2D eigenvalue weighted by atomic mass is 10.1. The Labute approximate surface area is 260 Å². The second-order valence-electron chi connectivity index (χ2n) is 10.8. The van der Waals surface area contributed by atoms with E-state index in [1.165, 1.54) is 43.0 Å². The minimum Gasteiger partial charge on any atom is -0.397 e. The van der Waals surface area contributed by atoms with Crippen molar-refractivity contribution in [2.24, 2.45) is 11.6 Å². The molecule has 0 amide bonds. The van der Waals surface area contributed by atoms with Crippen LogP contribution in [-0.2, 0) is 0 Å². The van der Waals surface area contributed by atoms with E-state index in [4.69, 9.17) is 11.6 Å². The first-order chi connectivity index (χ1) is 21.7. The highest BCUT2D eigenvalue weighted by Crippen LogP contribution is 2.51. The van der Waals surface area contributed by atoms with Crippen molar-refractivity contribution in [2.75, 3.05) is 9.91 Å².